The van der Waals surface area contributed by atoms with Crippen LogP contribution in [-0.4, -0.2) is 11.0 Å². The Hall–Kier alpha value is -0.810. The van der Waals surface area contributed by atoms with Crippen molar-refractivity contribution < 1.29 is 4.74 Å². The number of halogens is 2. The third kappa shape index (κ3) is 4.33. The van der Waals surface area contributed by atoms with Gasteiger partial charge in [-0.1, -0.05) is 23.2 Å². The number of benzene rings is 1. The van der Waals surface area contributed by atoms with Gasteiger partial charge in [0.25, 0.3) is 0 Å². The van der Waals surface area contributed by atoms with Crippen LogP contribution in [0.4, 0.5) is 0 Å². The van der Waals surface area contributed by atoms with Crippen LogP contribution >= 0.6 is 34.5 Å². The van der Waals surface area contributed by atoms with Crippen molar-refractivity contribution in [2.24, 2.45) is 5.73 Å². The fourth-order valence-electron chi connectivity index (χ4n) is 2.01. The average Bonchev–Trinajstić information content (AvgIpc) is 2.66. The molecule has 0 spiro atoms. The summed E-state index contributed by atoms with van der Waals surface area (Å²) in [6.45, 7) is 6.37. The molecule has 2 aromatic rings. The predicted octanol–water partition coefficient (Wildman–Crippen LogP) is 4.54. The topological polar surface area (TPSA) is 48.1 Å². The number of nitrogens with two attached hydrogens (primary N) is 1. The second kappa shape index (κ2) is 6.97. The van der Waals surface area contributed by atoms with Crippen molar-refractivity contribution in [2.45, 2.75) is 39.8 Å². The lowest BCUT2D eigenvalue weighted by atomic mass is 10.1. The molecule has 114 valence electrons. The predicted molar refractivity (Wildman–Crippen MR) is 89.7 cm³/mol. The fourth-order valence-corrected chi connectivity index (χ4v) is 3.45. The van der Waals surface area contributed by atoms with Gasteiger partial charge < -0.3 is 10.5 Å². The second-order valence-electron chi connectivity index (χ2n) is 5.10. The van der Waals surface area contributed by atoms with Crippen LogP contribution in [0.2, 0.25) is 10.0 Å². The highest BCUT2D eigenvalue weighted by molar-refractivity contribution is 7.11. The zero-order chi connectivity index (χ0) is 15.6. The molecule has 0 aliphatic rings. The molecule has 0 aliphatic carbocycles. The Morgan fingerprint density at radius 1 is 1.33 bits per heavy atom. The molecule has 0 saturated carbocycles. The van der Waals surface area contributed by atoms with E-state index >= 15 is 0 Å². The van der Waals surface area contributed by atoms with Gasteiger partial charge in [0.1, 0.15) is 17.4 Å². The summed E-state index contributed by atoms with van der Waals surface area (Å²) < 4.78 is 5.88. The first-order valence-corrected chi connectivity index (χ1v) is 8.23. The number of thiazole rings is 1. The molecule has 0 radical (unpaired) electrons. The van der Waals surface area contributed by atoms with Gasteiger partial charge in [0.05, 0.1) is 10.7 Å². The number of ether oxygens (including phenoxy) is 1. The third-order valence-corrected chi connectivity index (χ3v) is 4.59. The molecular formula is C15H18Cl2N2OS. The third-order valence-electron chi connectivity index (χ3n) is 3.04. The van der Waals surface area contributed by atoms with E-state index in [0.717, 1.165) is 16.3 Å². The maximum atomic E-state index is 6.25. The average molecular weight is 345 g/mol. The monoisotopic (exact) mass is 344 g/mol. The van der Waals surface area contributed by atoms with Crippen molar-refractivity contribution in [1.29, 1.82) is 0 Å². The summed E-state index contributed by atoms with van der Waals surface area (Å²) in [4.78, 5) is 5.66. The first-order valence-electron chi connectivity index (χ1n) is 6.66. The van der Waals surface area contributed by atoms with Crippen LogP contribution in [0, 0.1) is 13.8 Å². The molecule has 2 N–H and O–H groups in total. The quantitative estimate of drug-likeness (QED) is 0.866. The summed E-state index contributed by atoms with van der Waals surface area (Å²) in [5, 5.41) is 2.02. The highest BCUT2D eigenvalue weighted by Crippen LogP contribution is 2.34. The highest BCUT2D eigenvalue weighted by Gasteiger charge is 2.14. The second-order valence-corrected chi connectivity index (χ2v) is 7.23. The van der Waals surface area contributed by atoms with E-state index in [0.29, 0.717) is 28.8 Å². The summed E-state index contributed by atoms with van der Waals surface area (Å²) in [6, 6.07) is 3.54. The van der Waals surface area contributed by atoms with Crippen LogP contribution in [0.15, 0.2) is 12.1 Å². The number of aryl methyl sites for hydroxylation is 2. The van der Waals surface area contributed by atoms with E-state index in [1.54, 1.807) is 17.4 Å². The molecular weight excluding hydrogens is 327 g/mol. The summed E-state index contributed by atoms with van der Waals surface area (Å²) >= 11 is 13.9. The Morgan fingerprint density at radius 2 is 2.05 bits per heavy atom. The summed E-state index contributed by atoms with van der Waals surface area (Å²) in [5.74, 6) is 0.642. The van der Waals surface area contributed by atoms with Gasteiger partial charge in [-0.05, 0) is 44.9 Å². The highest BCUT2D eigenvalue weighted by atomic mass is 35.5. The first-order chi connectivity index (χ1) is 9.86. The molecule has 1 aromatic carbocycles. The Morgan fingerprint density at radius 3 is 2.62 bits per heavy atom. The molecule has 0 saturated heterocycles. The van der Waals surface area contributed by atoms with E-state index in [-0.39, 0.29) is 6.04 Å². The fraction of sp³-hybridized carbons (Fsp3) is 0.400. The molecule has 0 amide bonds. The lowest BCUT2D eigenvalue weighted by Gasteiger charge is -2.14. The lowest BCUT2D eigenvalue weighted by Crippen LogP contribution is -2.18. The number of hydrogen-bond acceptors (Lipinski definition) is 4. The summed E-state index contributed by atoms with van der Waals surface area (Å²) in [6.07, 6.45) is 0.658. The Labute approximate surface area is 139 Å². The lowest BCUT2D eigenvalue weighted by molar-refractivity contribution is 0.302. The van der Waals surface area contributed by atoms with E-state index in [4.69, 9.17) is 33.7 Å². The van der Waals surface area contributed by atoms with Gasteiger partial charge in [-0.3, -0.25) is 0 Å². The zero-order valence-electron chi connectivity index (χ0n) is 12.2. The Kier molecular flexibility index (Phi) is 5.49. The minimum Gasteiger partial charge on any atom is -0.485 e. The maximum absolute atomic E-state index is 6.25. The maximum Gasteiger partial charge on any atom is 0.141 e. The molecule has 1 heterocycles. The van der Waals surface area contributed by atoms with Crippen LogP contribution in [0.1, 0.15) is 28.1 Å². The van der Waals surface area contributed by atoms with E-state index < -0.39 is 0 Å². The molecule has 1 atom stereocenters. The smallest absolute Gasteiger partial charge is 0.141 e. The van der Waals surface area contributed by atoms with Crippen molar-refractivity contribution in [2.75, 3.05) is 0 Å². The van der Waals surface area contributed by atoms with Crippen molar-refractivity contribution >= 4 is 34.5 Å². The number of nitrogens with zero attached hydrogens (tertiary/aromatic N) is 1. The normalized spacial score (nSPS) is 12.5. The Balaban J connectivity index is 2.21. The van der Waals surface area contributed by atoms with Gasteiger partial charge in [0.2, 0.25) is 0 Å². The van der Waals surface area contributed by atoms with Gasteiger partial charge in [-0.25, -0.2) is 4.98 Å². The van der Waals surface area contributed by atoms with E-state index in [9.17, 15) is 0 Å². The van der Waals surface area contributed by atoms with Crippen LogP contribution < -0.4 is 10.5 Å². The minimum atomic E-state index is 0.00577. The first kappa shape index (κ1) is 16.6. The van der Waals surface area contributed by atoms with E-state index in [1.807, 2.05) is 26.8 Å². The van der Waals surface area contributed by atoms with Gasteiger partial charge in [0.15, 0.2) is 0 Å². The van der Waals surface area contributed by atoms with Gasteiger partial charge >= 0.3 is 0 Å². The van der Waals surface area contributed by atoms with Crippen molar-refractivity contribution in [3.05, 3.63) is 43.3 Å². The van der Waals surface area contributed by atoms with Crippen molar-refractivity contribution in [1.82, 2.24) is 4.98 Å². The number of aromatic nitrogens is 1. The molecule has 6 heteroatoms. The van der Waals surface area contributed by atoms with Crippen LogP contribution in [0.25, 0.3) is 0 Å². The summed E-state index contributed by atoms with van der Waals surface area (Å²) in [5.41, 5.74) is 7.83. The molecule has 21 heavy (non-hydrogen) atoms. The van der Waals surface area contributed by atoms with Crippen LogP contribution in [-0.2, 0) is 13.0 Å². The molecule has 3 nitrogen and oxygen atoms in total. The summed E-state index contributed by atoms with van der Waals surface area (Å²) in [7, 11) is 0. The minimum absolute atomic E-state index is 0.00577. The Bertz CT molecular complexity index is 621. The largest absolute Gasteiger partial charge is 0.485 e. The molecule has 2 rings (SSSR count). The number of hydrogen-bond donors (Lipinski definition) is 1. The SMILES string of the molecule is Cc1nc(COc2c(Cl)cc(Cl)cc2CC(C)N)sc1C. The molecule has 0 aliphatic heterocycles. The molecule has 0 fully saturated rings. The van der Waals surface area contributed by atoms with Crippen molar-refractivity contribution in [3.8, 4) is 5.75 Å². The molecule has 1 unspecified atom stereocenters. The molecule has 1 aromatic heterocycles. The molecule has 0 bridgehead atoms. The van der Waals surface area contributed by atoms with Crippen LogP contribution in [0.3, 0.4) is 0 Å². The van der Waals surface area contributed by atoms with Gasteiger partial charge in [0, 0.05) is 15.9 Å². The standard InChI is InChI=1S/C15H18Cl2N2OS/c1-8(18)4-11-5-12(16)6-13(17)15(11)20-7-14-19-9(2)10(3)21-14/h5-6,8H,4,7,18H2,1-3H3. The van der Waals surface area contributed by atoms with Gasteiger partial charge in [-0.15, -0.1) is 11.3 Å². The van der Waals surface area contributed by atoms with Crippen LogP contribution in [0.5, 0.6) is 5.75 Å². The van der Waals surface area contributed by atoms with E-state index in [2.05, 4.69) is 4.98 Å². The zero-order valence-corrected chi connectivity index (χ0v) is 14.6. The number of rotatable bonds is 5. The van der Waals surface area contributed by atoms with Gasteiger partial charge in [-0.2, -0.15) is 0 Å². The van der Waals surface area contributed by atoms with E-state index in [1.165, 1.54) is 4.88 Å². The van der Waals surface area contributed by atoms with Crippen molar-refractivity contribution in [3.63, 3.8) is 0 Å².